The summed E-state index contributed by atoms with van der Waals surface area (Å²) in [6.07, 6.45) is 3.86. The normalized spacial score (nSPS) is 18.0. The third-order valence-corrected chi connectivity index (χ3v) is 5.71. The van der Waals surface area contributed by atoms with E-state index in [2.05, 4.69) is 4.98 Å². The predicted octanol–water partition coefficient (Wildman–Crippen LogP) is 4.47. The average molecular weight is 395 g/mol. The molecule has 0 radical (unpaired) electrons. The van der Waals surface area contributed by atoms with Crippen LogP contribution in [0.15, 0.2) is 59.6 Å². The summed E-state index contributed by atoms with van der Waals surface area (Å²) in [5, 5.41) is 0.965. The summed E-state index contributed by atoms with van der Waals surface area (Å²) in [7, 11) is 0. The number of carbonyl (C=O) groups is 2. The Hall–Kier alpha value is -2.73. The summed E-state index contributed by atoms with van der Waals surface area (Å²) in [5.41, 5.74) is 2.67. The number of aromatic amines is 1. The van der Waals surface area contributed by atoms with Crippen molar-refractivity contribution in [2.45, 2.75) is 30.4 Å². The molecular weight excluding hydrogens is 374 g/mol. The number of para-hydroxylation sites is 1. The highest BCUT2D eigenvalue weighted by atomic mass is 32.2. The number of H-pyrrole nitrogens is 1. The average Bonchev–Trinajstić information content (AvgIpc) is 3.08. The van der Waals surface area contributed by atoms with Crippen LogP contribution in [0.1, 0.15) is 30.9 Å². The second kappa shape index (κ2) is 7.02. The van der Waals surface area contributed by atoms with Crippen LogP contribution < -0.4 is 0 Å². The van der Waals surface area contributed by atoms with E-state index >= 15 is 0 Å². The maximum absolute atomic E-state index is 12.9. The Morgan fingerprint density at radius 3 is 2.29 bits per heavy atom. The maximum Gasteiger partial charge on any atom is 0.324 e. The van der Waals surface area contributed by atoms with Crippen LogP contribution in [0.2, 0.25) is 0 Å². The predicted molar refractivity (Wildman–Crippen MR) is 108 cm³/mol. The Bertz CT molecular complexity index is 1020. The molecule has 0 spiro atoms. The van der Waals surface area contributed by atoms with Gasteiger partial charge < -0.3 is 14.5 Å². The number of carbonyl (C=O) groups excluding carboxylic acids is 2. The number of esters is 2. The van der Waals surface area contributed by atoms with E-state index in [9.17, 15) is 9.59 Å². The zero-order valence-corrected chi connectivity index (χ0v) is 16.7. The van der Waals surface area contributed by atoms with Crippen molar-refractivity contribution in [1.29, 1.82) is 0 Å². The molecule has 4 rings (SSSR count). The standard InChI is InChI=1S/C22H21NO4S/c1-22(2)26-20(24)19(21(25)27-22)18(13-8-10-14(28-3)11-9-13)16-12-23-17-7-5-4-6-15(16)17/h4-12,18-19,23H,1-3H3/t18-/m0/s1. The zero-order chi connectivity index (χ0) is 19.9. The minimum absolute atomic E-state index is 0.511. The molecule has 1 saturated heterocycles. The van der Waals surface area contributed by atoms with Crippen molar-refractivity contribution in [2.75, 3.05) is 6.26 Å². The summed E-state index contributed by atoms with van der Waals surface area (Å²) in [4.78, 5) is 30.0. The van der Waals surface area contributed by atoms with Crippen molar-refractivity contribution in [2.24, 2.45) is 5.92 Å². The van der Waals surface area contributed by atoms with Gasteiger partial charge in [0, 0.05) is 41.8 Å². The molecule has 2 heterocycles. The second-order valence-electron chi connectivity index (χ2n) is 7.26. The number of thioether (sulfide) groups is 1. The van der Waals surface area contributed by atoms with Crippen LogP contribution in [-0.4, -0.2) is 29.0 Å². The van der Waals surface area contributed by atoms with Crippen LogP contribution in [0.4, 0.5) is 0 Å². The first kappa shape index (κ1) is 18.6. The molecule has 1 aliphatic heterocycles. The molecule has 2 aromatic carbocycles. The van der Waals surface area contributed by atoms with Crippen molar-refractivity contribution in [3.63, 3.8) is 0 Å². The fraction of sp³-hybridized carbons (Fsp3) is 0.273. The van der Waals surface area contributed by atoms with E-state index in [1.54, 1.807) is 25.6 Å². The number of nitrogens with one attached hydrogen (secondary N) is 1. The molecule has 28 heavy (non-hydrogen) atoms. The zero-order valence-electron chi connectivity index (χ0n) is 15.9. The number of hydrogen-bond acceptors (Lipinski definition) is 5. The van der Waals surface area contributed by atoms with Crippen LogP contribution in [-0.2, 0) is 19.1 Å². The number of fused-ring (bicyclic) bond motifs is 1. The third kappa shape index (κ3) is 3.29. The Morgan fingerprint density at radius 1 is 1.00 bits per heavy atom. The number of ether oxygens (including phenoxy) is 2. The lowest BCUT2D eigenvalue weighted by Gasteiger charge is -2.36. The number of aromatic nitrogens is 1. The van der Waals surface area contributed by atoms with E-state index < -0.39 is 29.6 Å². The minimum atomic E-state index is -1.25. The van der Waals surface area contributed by atoms with Gasteiger partial charge in [-0.25, -0.2) is 0 Å². The van der Waals surface area contributed by atoms with Crippen molar-refractivity contribution in [3.8, 4) is 0 Å². The lowest BCUT2D eigenvalue weighted by atomic mass is 9.80. The van der Waals surface area contributed by atoms with Crippen LogP contribution in [0.25, 0.3) is 10.9 Å². The maximum atomic E-state index is 12.9. The molecule has 1 N–H and O–H groups in total. The summed E-state index contributed by atoms with van der Waals surface area (Å²) in [5.74, 6) is -3.95. The molecule has 1 aromatic heterocycles. The molecule has 0 bridgehead atoms. The minimum Gasteiger partial charge on any atom is -0.422 e. The first-order chi connectivity index (χ1) is 13.4. The number of rotatable bonds is 4. The van der Waals surface area contributed by atoms with Crippen LogP contribution in [0.5, 0.6) is 0 Å². The second-order valence-corrected chi connectivity index (χ2v) is 8.14. The van der Waals surface area contributed by atoms with Gasteiger partial charge in [-0.3, -0.25) is 9.59 Å². The molecule has 1 fully saturated rings. The number of cyclic esters (lactones) is 2. The lowest BCUT2D eigenvalue weighted by Crippen LogP contribution is -2.48. The highest BCUT2D eigenvalue weighted by Gasteiger charge is 2.48. The Kier molecular flexibility index (Phi) is 4.67. The van der Waals surface area contributed by atoms with Crippen LogP contribution >= 0.6 is 11.8 Å². The molecule has 144 valence electrons. The van der Waals surface area contributed by atoms with Gasteiger partial charge in [0.15, 0.2) is 5.92 Å². The molecule has 0 aliphatic carbocycles. The Labute approximate surface area is 167 Å². The van der Waals surface area contributed by atoms with Crippen molar-refractivity contribution >= 4 is 34.6 Å². The largest absolute Gasteiger partial charge is 0.422 e. The van der Waals surface area contributed by atoms with Crippen LogP contribution in [0, 0.1) is 5.92 Å². The molecule has 1 atom stereocenters. The van der Waals surface area contributed by atoms with E-state index in [4.69, 9.17) is 9.47 Å². The molecule has 0 saturated carbocycles. The van der Waals surface area contributed by atoms with Gasteiger partial charge in [0.05, 0.1) is 0 Å². The smallest absolute Gasteiger partial charge is 0.324 e. The number of hydrogen-bond donors (Lipinski definition) is 1. The Balaban J connectivity index is 1.86. The van der Waals surface area contributed by atoms with Gasteiger partial charge in [-0.15, -0.1) is 11.8 Å². The van der Waals surface area contributed by atoms with Gasteiger partial charge in [0.2, 0.25) is 0 Å². The molecular formula is C22H21NO4S. The van der Waals surface area contributed by atoms with Crippen LogP contribution in [0.3, 0.4) is 0 Å². The monoisotopic (exact) mass is 395 g/mol. The molecule has 0 unspecified atom stereocenters. The quantitative estimate of drug-likeness (QED) is 0.401. The summed E-state index contributed by atoms with van der Waals surface area (Å²) in [6.45, 7) is 3.12. The lowest BCUT2D eigenvalue weighted by molar-refractivity contribution is -0.240. The van der Waals surface area contributed by atoms with E-state index in [0.29, 0.717) is 0 Å². The van der Waals surface area contributed by atoms with E-state index in [1.165, 1.54) is 0 Å². The van der Waals surface area contributed by atoms with Gasteiger partial charge in [-0.1, -0.05) is 30.3 Å². The highest BCUT2D eigenvalue weighted by molar-refractivity contribution is 7.98. The van der Waals surface area contributed by atoms with Gasteiger partial charge in [0.25, 0.3) is 5.79 Å². The summed E-state index contributed by atoms with van der Waals surface area (Å²) in [6, 6.07) is 15.7. The van der Waals surface area contributed by atoms with Gasteiger partial charge in [0.1, 0.15) is 0 Å². The summed E-state index contributed by atoms with van der Waals surface area (Å²) >= 11 is 1.64. The Morgan fingerprint density at radius 2 is 1.64 bits per heavy atom. The molecule has 3 aromatic rings. The van der Waals surface area contributed by atoms with Gasteiger partial charge in [-0.05, 0) is 35.6 Å². The number of benzene rings is 2. The van der Waals surface area contributed by atoms with Crippen molar-refractivity contribution in [3.05, 3.63) is 65.9 Å². The van der Waals surface area contributed by atoms with Crippen molar-refractivity contribution in [1.82, 2.24) is 4.98 Å². The van der Waals surface area contributed by atoms with E-state index in [-0.39, 0.29) is 0 Å². The first-order valence-corrected chi connectivity index (χ1v) is 10.3. The highest BCUT2D eigenvalue weighted by Crippen LogP contribution is 2.41. The molecule has 5 nitrogen and oxygen atoms in total. The molecule has 1 aliphatic rings. The SMILES string of the molecule is CSc1ccc([C@@H](c2c[nH]c3ccccc23)C2C(=O)OC(C)(C)OC2=O)cc1. The topological polar surface area (TPSA) is 68.4 Å². The fourth-order valence-corrected chi connectivity index (χ4v) is 4.12. The molecule has 6 heteroatoms. The van der Waals surface area contributed by atoms with Gasteiger partial charge >= 0.3 is 11.9 Å². The van der Waals surface area contributed by atoms with Gasteiger partial charge in [-0.2, -0.15) is 0 Å². The third-order valence-electron chi connectivity index (χ3n) is 4.97. The van der Waals surface area contributed by atoms with E-state index in [1.807, 2.05) is 61.0 Å². The summed E-state index contributed by atoms with van der Waals surface area (Å²) < 4.78 is 10.8. The fourth-order valence-electron chi connectivity index (χ4n) is 3.71. The molecule has 0 amide bonds. The van der Waals surface area contributed by atoms with Crippen molar-refractivity contribution < 1.29 is 19.1 Å². The first-order valence-electron chi connectivity index (χ1n) is 9.05. The van der Waals surface area contributed by atoms with E-state index in [0.717, 1.165) is 26.9 Å².